The molecule has 1 amide bonds. The Labute approximate surface area is 129 Å². The molecular formula is C13H19FN2O5S. The molecule has 0 fully saturated rings. The van der Waals surface area contributed by atoms with Crippen LogP contribution in [0.1, 0.15) is 6.92 Å². The minimum atomic E-state index is -4.18. The van der Waals surface area contributed by atoms with Gasteiger partial charge in [0.2, 0.25) is 15.9 Å². The molecule has 1 N–H and O–H groups in total. The van der Waals surface area contributed by atoms with Crippen LogP contribution in [0.3, 0.4) is 0 Å². The third kappa shape index (κ3) is 3.66. The van der Waals surface area contributed by atoms with E-state index in [0.717, 1.165) is 16.4 Å². The molecule has 0 saturated heterocycles. The highest BCUT2D eigenvalue weighted by atomic mass is 32.2. The number of carbonyl (C=O) groups is 1. The lowest BCUT2D eigenvalue weighted by Crippen LogP contribution is -2.39. The van der Waals surface area contributed by atoms with E-state index in [-0.39, 0.29) is 18.0 Å². The lowest BCUT2D eigenvalue weighted by atomic mass is 10.3. The maximum Gasteiger partial charge on any atom is 0.246 e. The van der Waals surface area contributed by atoms with Gasteiger partial charge < -0.3 is 14.8 Å². The van der Waals surface area contributed by atoms with Gasteiger partial charge in [0.05, 0.1) is 20.8 Å². The summed E-state index contributed by atoms with van der Waals surface area (Å²) in [4.78, 5) is 10.8. The van der Waals surface area contributed by atoms with Gasteiger partial charge in [0.1, 0.15) is 10.7 Å². The Balaban J connectivity index is 3.34. The van der Waals surface area contributed by atoms with Crippen molar-refractivity contribution in [3.05, 3.63) is 17.9 Å². The number of hydrogen-bond donors (Lipinski definition) is 1. The van der Waals surface area contributed by atoms with Gasteiger partial charge in [-0.3, -0.25) is 4.79 Å². The first-order valence-corrected chi connectivity index (χ1v) is 7.88. The Hall–Kier alpha value is -1.87. The molecule has 0 heterocycles. The van der Waals surface area contributed by atoms with E-state index in [1.807, 2.05) is 0 Å². The minimum Gasteiger partial charge on any atom is -0.493 e. The SMILES string of the molecule is CCN(CC(=O)NC)S(=O)(=O)c1cc(OC)c(OC)cc1F. The number of rotatable bonds is 7. The van der Waals surface area contributed by atoms with Crippen LogP contribution in [0.25, 0.3) is 0 Å². The molecule has 0 bridgehead atoms. The van der Waals surface area contributed by atoms with Crippen molar-refractivity contribution in [2.45, 2.75) is 11.8 Å². The number of ether oxygens (including phenoxy) is 2. The number of carbonyl (C=O) groups excluding carboxylic acids is 1. The molecule has 22 heavy (non-hydrogen) atoms. The first kappa shape index (κ1) is 18.2. The molecule has 0 saturated carbocycles. The van der Waals surface area contributed by atoms with Crippen LogP contribution in [0.4, 0.5) is 4.39 Å². The summed E-state index contributed by atoms with van der Waals surface area (Å²) in [6.45, 7) is 1.17. The van der Waals surface area contributed by atoms with Crippen LogP contribution in [0.5, 0.6) is 11.5 Å². The van der Waals surface area contributed by atoms with Gasteiger partial charge in [0.25, 0.3) is 0 Å². The van der Waals surface area contributed by atoms with Gasteiger partial charge in [-0.25, -0.2) is 12.8 Å². The van der Waals surface area contributed by atoms with Crippen molar-refractivity contribution >= 4 is 15.9 Å². The number of nitrogens with one attached hydrogen (secondary N) is 1. The smallest absolute Gasteiger partial charge is 0.246 e. The van der Waals surface area contributed by atoms with Crippen molar-refractivity contribution in [1.29, 1.82) is 0 Å². The Bertz CT molecular complexity index is 648. The molecule has 0 aromatic heterocycles. The molecule has 0 spiro atoms. The monoisotopic (exact) mass is 334 g/mol. The van der Waals surface area contributed by atoms with Crippen molar-refractivity contribution in [1.82, 2.24) is 9.62 Å². The summed E-state index contributed by atoms with van der Waals surface area (Å²) >= 11 is 0. The molecule has 1 aromatic rings. The molecule has 1 rings (SSSR count). The van der Waals surface area contributed by atoms with Gasteiger partial charge in [-0.15, -0.1) is 0 Å². The maximum absolute atomic E-state index is 14.1. The van der Waals surface area contributed by atoms with Gasteiger partial charge in [-0.1, -0.05) is 6.92 Å². The van der Waals surface area contributed by atoms with Gasteiger partial charge in [-0.2, -0.15) is 4.31 Å². The summed E-state index contributed by atoms with van der Waals surface area (Å²) < 4.78 is 49.9. The summed E-state index contributed by atoms with van der Waals surface area (Å²) in [5, 5.41) is 2.33. The van der Waals surface area contributed by atoms with Gasteiger partial charge in [0, 0.05) is 25.7 Å². The Morgan fingerprint density at radius 3 is 2.27 bits per heavy atom. The molecule has 7 nitrogen and oxygen atoms in total. The van der Waals surface area contributed by atoms with E-state index >= 15 is 0 Å². The molecule has 0 atom stereocenters. The number of hydrogen-bond acceptors (Lipinski definition) is 5. The molecule has 9 heteroatoms. The highest BCUT2D eigenvalue weighted by Gasteiger charge is 2.29. The van der Waals surface area contributed by atoms with E-state index in [0.29, 0.717) is 0 Å². The van der Waals surface area contributed by atoms with E-state index < -0.39 is 33.2 Å². The average molecular weight is 334 g/mol. The van der Waals surface area contributed by atoms with E-state index in [1.54, 1.807) is 6.92 Å². The summed E-state index contributed by atoms with van der Waals surface area (Å²) in [5.41, 5.74) is 0. The second-order valence-electron chi connectivity index (χ2n) is 4.24. The quantitative estimate of drug-likeness (QED) is 0.789. The van der Waals surface area contributed by atoms with Crippen LogP contribution < -0.4 is 14.8 Å². The van der Waals surface area contributed by atoms with E-state index in [1.165, 1.54) is 21.3 Å². The Morgan fingerprint density at radius 2 is 1.82 bits per heavy atom. The number of likely N-dealkylation sites (N-methyl/N-ethyl adjacent to an activating group) is 2. The van der Waals surface area contributed by atoms with Crippen LogP contribution in [0.15, 0.2) is 17.0 Å². The number of halogens is 1. The Morgan fingerprint density at radius 1 is 1.27 bits per heavy atom. The lowest BCUT2D eigenvalue weighted by molar-refractivity contribution is -0.120. The maximum atomic E-state index is 14.1. The molecule has 0 aliphatic rings. The van der Waals surface area contributed by atoms with Gasteiger partial charge >= 0.3 is 0 Å². The van der Waals surface area contributed by atoms with Crippen LogP contribution in [-0.4, -0.2) is 53.0 Å². The van der Waals surface area contributed by atoms with Crippen molar-refractivity contribution < 1.29 is 27.1 Å². The van der Waals surface area contributed by atoms with Crippen molar-refractivity contribution in [3.8, 4) is 11.5 Å². The largest absolute Gasteiger partial charge is 0.493 e. The second kappa shape index (κ2) is 7.41. The zero-order chi connectivity index (χ0) is 16.9. The zero-order valence-corrected chi connectivity index (χ0v) is 13.7. The first-order valence-electron chi connectivity index (χ1n) is 6.44. The zero-order valence-electron chi connectivity index (χ0n) is 12.8. The van der Waals surface area contributed by atoms with E-state index in [9.17, 15) is 17.6 Å². The topological polar surface area (TPSA) is 84.9 Å². The number of sulfonamides is 1. The van der Waals surface area contributed by atoms with Gasteiger partial charge in [0.15, 0.2) is 11.5 Å². The summed E-state index contributed by atoms with van der Waals surface area (Å²) in [6, 6.07) is 1.97. The summed E-state index contributed by atoms with van der Waals surface area (Å²) in [5.74, 6) is -1.31. The average Bonchev–Trinajstić information content (AvgIpc) is 2.51. The predicted octanol–water partition coefficient (Wildman–Crippen LogP) is 0.599. The van der Waals surface area contributed by atoms with Crippen LogP contribution in [0.2, 0.25) is 0 Å². The minimum absolute atomic E-state index is 0.0174. The number of nitrogens with zero attached hydrogens (tertiary/aromatic N) is 1. The van der Waals surface area contributed by atoms with Crippen LogP contribution in [-0.2, 0) is 14.8 Å². The molecular weight excluding hydrogens is 315 g/mol. The fourth-order valence-corrected chi connectivity index (χ4v) is 3.24. The number of benzene rings is 1. The standard InChI is InChI=1S/C13H19FN2O5S/c1-5-16(8-13(17)15-2)22(18,19)12-7-11(21-4)10(20-3)6-9(12)14/h6-7H,5,8H2,1-4H3,(H,15,17). The highest BCUT2D eigenvalue weighted by molar-refractivity contribution is 7.89. The van der Waals surface area contributed by atoms with Gasteiger partial charge in [-0.05, 0) is 0 Å². The summed E-state index contributed by atoms with van der Waals surface area (Å²) in [7, 11) is -0.165. The molecule has 0 unspecified atom stereocenters. The normalized spacial score (nSPS) is 11.4. The molecule has 124 valence electrons. The lowest BCUT2D eigenvalue weighted by Gasteiger charge is -2.20. The fourth-order valence-electron chi connectivity index (χ4n) is 1.78. The van der Waals surface area contributed by atoms with E-state index in [4.69, 9.17) is 9.47 Å². The number of methoxy groups -OCH3 is 2. The fraction of sp³-hybridized carbons (Fsp3) is 0.462. The highest BCUT2D eigenvalue weighted by Crippen LogP contribution is 2.33. The van der Waals surface area contributed by atoms with Crippen LogP contribution >= 0.6 is 0 Å². The summed E-state index contributed by atoms with van der Waals surface area (Å²) in [6.07, 6.45) is 0. The van der Waals surface area contributed by atoms with E-state index in [2.05, 4.69) is 5.32 Å². The first-order chi connectivity index (χ1) is 10.3. The van der Waals surface area contributed by atoms with Crippen molar-refractivity contribution in [3.63, 3.8) is 0 Å². The third-order valence-electron chi connectivity index (χ3n) is 3.01. The molecule has 0 aliphatic heterocycles. The molecule has 0 aliphatic carbocycles. The Kier molecular flexibility index (Phi) is 6.12. The second-order valence-corrected chi connectivity index (χ2v) is 6.15. The predicted molar refractivity (Wildman–Crippen MR) is 78.0 cm³/mol. The van der Waals surface area contributed by atoms with Crippen molar-refractivity contribution in [2.24, 2.45) is 0 Å². The number of amides is 1. The molecule has 1 aromatic carbocycles. The molecule has 0 radical (unpaired) electrons. The van der Waals surface area contributed by atoms with Crippen LogP contribution in [0, 0.1) is 5.82 Å². The third-order valence-corrected chi connectivity index (χ3v) is 4.94. The van der Waals surface area contributed by atoms with Crippen molar-refractivity contribution in [2.75, 3.05) is 34.4 Å².